The first-order valence-corrected chi connectivity index (χ1v) is 17.7. The lowest BCUT2D eigenvalue weighted by Gasteiger charge is -2.40. The maximum atomic E-state index is 13.5. The van der Waals surface area contributed by atoms with Gasteiger partial charge in [0, 0.05) is 40.3 Å². The summed E-state index contributed by atoms with van der Waals surface area (Å²) in [6, 6.07) is 8.80. The summed E-state index contributed by atoms with van der Waals surface area (Å²) in [7, 11) is 0. The second kappa shape index (κ2) is 21.2. The Labute approximate surface area is 298 Å². The number of hydrogen-bond acceptors (Lipinski definition) is 7. The molecule has 0 heterocycles. The van der Waals surface area contributed by atoms with Crippen molar-refractivity contribution in [2.75, 3.05) is 6.61 Å². The summed E-state index contributed by atoms with van der Waals surface area (Å²) in [4.78, 5) is 51.9. The number of carboxylic acid groups (broad SMARTS) is 2. The van der Waals surface area contributed by atoms with Gasteiger partial charge in [0.15, 0.2) is 0 Å². The van der Waals surface area contributed by atoms with E-state index < -0.39 is 54.3 Å². The predicted octanol–water partition coefficient (Wildman–Crippen LogP) is 10.3. The number of carboxylic acids is 2. The van der Waals surface area contributed by atoms with E-state index in [1.807, 2.05) is 0 Å². The van der Waals surface area contributed by atoms with E-state index in [2.05, 4.69) is 13.8 Å². The Kier molecular flexibility index (Phi) is 18.1. The van der Waals surface area contributed by atoms with Gasteiger partial charge in [0.2, 0.25) is 5.60 Å². The summed E-state index contributed by atoms with van der Waals surface area (Å²) in [5, 5.41) is 21.7. The molecule has 12 heteroatoms. The Morgan fingerprint density at radius 1 is 0.750 bits per heavy atom. The molecule has 2 N–H and O–H groups in total. The van der Waals surface area contributed by atoms with Crippen LogP contribution in [0.3, 0.4) is 0 Å². The molecule has 48 heavy (non-hydrogen) atoms. The molecular weight excluding hydrogens is 683 g/mol. The van der Waals surface area contributed by atoms with Crippen molar-refractivity contribution in [3.8, 4) is 11.5 Å². The van der Waals surface area contributed by atoms with Crippen molar-refractivity contribution in [1.82, 2.24) is 0 Å². The fourth-order valence-electron chi connectivity index (χ4n) is 5.55. The van der Waals surface area contributed by atoms with Gasteiger partial charge < -0.3 is 24.4 Å². The van der Waals surface area contributed by atoms with Gasteiger partial charge in [0.1, 0.15) is 11.5 Å². The van der Waals surface area contributed by atoms with Crippen molar-refractivity contribution in [2.45, 2.75) is 116 Å². The molecule has 0 aliphatic carbocycles. The Bertz CT molecular complexity index is 1370. The zero-order valence-electron chi connectivity index (χ0n) is 27.9. The van der Waals surface area contributed by atoms with E-state index in [1.54, 1.807) is 0 Å². The highest BCUT2D eigenvalue weighted by atomic mass is 35.5. The van der Waals surface area contributed by atoms with E-state index in [0.717, 1.165) is 51.4 Å². The summed E-state index contributed by atoms with van der Waals surface area (Å²) in [5.41, 5.74) is -2.46. The number of carbonyl (C=O) groups excluding carboxylic acids is 2. The molecule has 3 atom stereocenters. The zero-order chi connectivity index (χ0) is 35.7. The Morgan fingerprint density at radius 3 is 1.83 bits per heavy atom. The van der Waals surface area contributed by atoms with Crippen LogP contribution >= 0.6 is 34.8 Å². The third kappa shape index (κ3) is 12.8. The summed E-state index contributed by atoms with van der Waals surface area (Å²) in [5.74, 6) is -6.86. The fourth-order valence-corrected chi connectivity index (χ4v) is 6.17. The van der Waals surface area contributed by atoms with Crippen LogP contribution in [0.1, 0.15) is 116 Å². The first kappa shape index (κ1) is 41.2. The second-order valence-electron chi connectivity index (χ2n) is 12.0. The minimum absolute atomic E-state index is 0.0346. The standard InChI is InChI=1S/C36H47Cl3O9/c1-4-6-8-10-12-14-33(42)46-23-24(3)36(35(44)45,48-34(43)15-13-11-9-7-5-2)28(22-32(40)41)27-20-25(37)16-18-30(27)47-31-19-17-26(38)21-29(31)39/h16-21,24,28H,4-15,22-23H2,1-3H3,(H,40,41)(H,44,45). The number of rotatable bonds is 23. The van der Waals surface area contributed by atoms with E-state index in [9.17, 15) is 29.4 Å². The van der Waals surface area contributed by atoms with Crippen molar-refractivity contribution in [2.24, 2.45) is 5.92 Å². The third-order valence-corrected chi connectivity index (χ3v) is 8.94. The highest BCUT2D eigenvalue weighted by Crippen LogP contribution is 2.47. The number of hydrogen-bond donors (Lipinski definition) is 2. The first-order chi connectivity index (χ1) is 22.8. The van der Waals surface area contributed by atoms with Crippen LogP contribution in [0.4, 0.5) is 0 Å². The summed E-state index contributed by atoms with van der Waals surface area (Å²) >= 11 is 18.8. The highest BCUT2D eigenvalue weighted by Gasteiger charge is 2.56. The Morgan fingerprint density at radius 2 is 1.29 bits per heavy atom. The molecule has 0 aliphatic heterocycles. The van der Waals surface area contributed by atoms with Crippen LogP contribution in [0.15, 0.2) is 36.4 Å². The van der Waals surface area contributed by atoms with Crippen LogP contribution in [0.2, 0.25) is 15.1 Å². The number of halogens is 3. The lowest BCUT2D eigenvalue weighted by molar-refractivity contribution is -0.194. The fraction of sp³-hybridized carbons (Fsp3) is 0.556. The number of unbranched alkanes of at least 4 members (excludes halogenated alkanes) is 8. The molecule has 3 unspecified atom stereocenters. The average Bonchev–Trinajstić information content (AvgIpc) is 3.03. The monoisotopic (exact) mass is 728 g/mol. The second-order valence-corrected chi connectivity index (χ2v) is 13.3. The molecule has 0 aromatic heterocycles. The molecule has 2 aromatic rings. The lowest BCUT2D eigenvalue weighted by Crippen LogP contribution is -2.55. The molecular formula is C36H47Cl3O9. The molecule has 0 amide bonds. The lowest BCUT2D eigenvalue weighted by atomic mass is 9.72. The maximum Gasteiger partial charge on any atom is 0.349 e. The van der Waals surface area contributed by atoms with E-state index in [1.165, 1.54) is 43.3 Å². The van der Waals surface area contributed by atoms with Crippen molar-refractivity contribution in [3.63, 3.8) is 0 Å². The quantitative estimate of drug-likeness (QED) is 0.0846. The van der Waals surface area contributed by atoms with E-state index in [4.69, 9.17) is 49.0 Å². The van der Waals surface area contributed by atoms with E-state index in [-0.39, 0.29) is 39.9 Å². The van der Waals surface area contributed by atoms with E-state index in [0.29, 0.717) is 17.9 Å². The van der Waals surface area contributed by atoms with Gasteiger partial charge in [-0.3, -0.25) is 14.4 Å². The molecule has 266 valence electrons. The average molecular weight is 730 g/mol. The van der Waals surface area contributed by atoms with Crippen LogP contribution in [0.25, 0.3) is 0 Å². The van der Waals surface area contributed by atoms with Gasteiger partial charge in [-0.2, -0.15) is 0 Å². The summed E-state index contributed by atoms with van der Waals surface area (Å²) in [6.07, 6.45) is 7.92. The Balaban J connectivity index is 2.59. The minimum Gasteiger partial charge on any atom is -0.481 e. The van der Waals surface area contributed by atoms with Crippen LogP contribution in [0, 0.1) is 5.92 Å². The third-order valence-electron chi connectivity index (χ3n) is 8.17. The molecule has 9 nitrogen and oxygen atoms in total. The zero-order valence-corrected chi connectivity index (χ0v) is 30.2. The molecule has 0 aliphatic rings. The molecule has 0 fully saturated rings. The molecule has 0 saturated heterocycles. The Hall–Kier alpha value is -3.01. The van der Waals surface area contributed by atoms with Gasteiger partial charge in [-0.25, -0.2) is 4.79 Å². The minimum atomic E-state index is -2.51. The molecule has 2 aromatic carbocycles. The summed E-state index contributed by atoms with van der Waals surface area (Å²) < 4.78 is 17.5. The van der Waals surface area contributed by atoms with Gasteiger partial charge >= 0.3 is 23.9 Å². The molecule has 0 spiro atoms. The van der Waals surface area contributed by atoms with Crippen LogP contribution in [-0.2, 0) is 28.7 Å². The van der Waals surface area contributed by atoms with Crippen molar-refractivity contribution in [1.29, 1.82) is 0 Å². The number of aliphatic carboxylic acids is 2. The van der Waals surface area contributed by atoms with Crippen molar-refractivity contribution >= 4 is 58.7 Å². The van der Waals surface area contributed by atoms with Gasteiger partial charge in [-0.15, -0.1) is 0 Å². The van der Waals surface area contributed by atoms with Crippen molar-refractivity contribution < 1.29 is 43.6 Å². The largest absolute Gasteiger partial charge is 0.481 e. The van der Waals surface area contributed by atoms with Crippen LogP contribution in [-0.4, -0.2) is 46.3 Å². The van der Waals surface area contributed by atoms with Crippen LogP contribution < -0.4 is 4.74 Å². The number of benzene rings is 2. The molecule has 0 radical (unpaired) electrons. The molecule has 0 bridgehead atoms. The van der Waals surface area contributed by atoms with Crippen molar-refractivity contribution in [3.05, 3.63) is 57.0 Å². The highest BCUT2D eigenvalue weighted by molar-refractivity contribution is 6.35. The number of ether oxygens (including phenoxy) is 3. The van der Waals surface area contributed by atoms with Gasteiger partial charge in [-0.1, -0.05) is 107 Å². The topological polar surface area (TPSA) is 136 Å². The molecule has 0 saturated carbocycles. The van der Waals surface area contributed by atoms with Gasteiger partial charge in [-0.05, 0) is 49.2 Å². The normalized spacial score (nSPS) is 13.6. The predicted molar refractivity (Wildman–Crippen MR) is 186 cm³/mol. The van der Waals surface area contributed by atoms with Crippen LogP contribution in [0.5, 0.6) is 11.5 Å². The first-order valence-electron chi connectivity index (χ1n) is 16.6. The molecule has 2 rings (SSSR count). The van der Waals surface area contributed by atoms with Gasteiger partial charge in [0.05, 0.1) is 18.1 Å². The van der Waals surface area contributed by atoms with E-state index >= 15 is 0 Å². The summed E-state index contributed by atoms with van der Waals surface area (Å²) in [6.45, 7) is 5.16. The maximum absolute atomic E-state index is 13.5. The smallest absolute Gasteiger partial charge is 0.349 e. The SMILES string of the molecule is CCCCCCCC(=O)OCC(C)C(OC(=O)CCCCCCC)(C(=O)O)C(CC(=O)O)c1cc(Cl)ccc1Oc1ccc(Cl)cc1Cl. The number of esters is 2. The number of carbonyl (C=O) groups is 4. The van der Waals surface area contributed by atoms with Gasteiger partial charge in [0.25, 0.3) is 0 Å².